The van der Waals surface area contributed by atoms with Gasteiger partial charge in [0.15, 0.2) is 0 Å². The van der Waals surface area contributed by atoms with Gasteiger partial charge in [-0.05, 0) is 38.0 Å². The van der Waals surface area contributed by atoms with Gasteiger partial charge in [0, 0.05) is 5.56 Å². The Morgan fingerprint density at radius 3 is 2.30 bits per heavy atom. The summed E-state index contributed by atoms with van der Waals surface area (Å²) < 4.78 is 5.39. The van der Waals surface area contributed by atoms with E-state index in [9.17, 15) is 14.7 Å². The Kier molecular flexibility index (Phi) is 6.58. The molecule has 144 valence electrons. The number of carbonyl (C=O) groups is 2. The Morgan fingerprint density at radius 2 is 1.78 bits per heavy atom. The van der Waals surface area contributed by atoms with Gasteiger partial charge < -0.3 is 9.84 Å². The van der Waals surface area contributed by atoms with Crippen molar-refractivity contribution in [1.82, 2.24) is 5.06 Å². The average Bonchev–Trinajstić information content (AvgIpc) is 2.63. The van der Waals surface area contributed by atoms with Crippen molar-refractivity contribution < 1.29 is 24.3 Å². The quantitative estimate of drug-likeness (QED) is 0.559. The van der Waals surface area contributed by atoms with E-state index >= 15 is 0 Å². The zero-order chi connectivity index (χ0) is 20.0. The maximum absolute atomic E-state index is 11.5. The average molecular weight is 371 g/mol. The molecular weight excluding hydrogens is 346 g/mol. The lowest BCUT2D eigenvalue weighted by molar-refractivity contribution is -0.235. The molecule has 6 nitrogen and oxygen atoms in total. The second-order valence-corrected chi connectivity index (χ2v) is 7.10. The summed E-state index contributed by atoms with van der Waals surface area (Å²) in [7, 11) is 1.61. The van der Waals surface area contributed by atoms with E-state index in [1.54, 1.807) is 40.0 Å². The highest BCUT2D eigenvalue weighted by atomic mass is 16.7. The number of hydroxylamine groups is 2. The molecule has 1 amide bonds. The summed E-state index contributed by atoms with van der Waals surface area (Å²) in [5.41, 5.74) is 1.90. The van der Waals surface area contributed by atoms with Gasteiger partial charge in [-0.15, -0.1) is 0 Å². The van der Waals surface area contributed by atoms with Crippen LogP contribution < -0.4 is 4.74 Å². The number of carboxylic acid groups (broad SMARTS) is 1. The Hall–Kier alpha value is -2.86. The number of carbonyl (C=O) groups excluding carboxylic acids is 1. The molecule has 1 N–H and O–H groups in total. The molecule has 0 radical (unpaired) electrons. The molecule has 0 saturated carbocycles. The van der Waals surface area contributed by atoms with Crippen LogP contribution in [0.3, 0.4) is 0 Å². The summed E-state index contributed by atoms with van der Waals surface area (Å²) >= 11 is 0. The van der Waals surface area contributed by atoms with Crippen LogP contribution >= 0.6 is 0 Å². The minimum Gasteiger partial charge on any atom is -0.496 e. The van der Waals surface area contributed by atoms with E-state index in [1.165, 1.54) is 0 Å². The number of nitrogens with zero attached hydrogens (tertiary/aromatic N) is 1. The van der Waals surface area contributed by atoms with Crippen LogP contribution in [0.1, 0.15) is 38.8 Å². The molecule has 0 fully saturated rings. The van der Waals surface area contributed by atoms with Gasteiger partial charge in [0.05, 0.1) is 25.2 Å². The Balaban J connectivity index is 2.36. The zero-order valence-corrected chi connectivity index (χ0v) is 16.0. The number of amides is 1. The third kappa shape index (κ3) is 5.56. The number of rotatable bonds is 8. The highest BCUT2D eigenvalue weighted by Gasteiger charge is 2.27. The first-order valence-corrected chi connectivity index (χ1v) is 8.63. The normalized spacial score (nSPS) is 12.3. The SMILES string of the molecule is COc1ccccc1-c1ccc(C(CC(=O)O)N(C=O)OC(C)(C)C)cc1. The van der Waals surface area contributed by atoms with Gasteiger partial charge in [0.2, 0.25) is 6.41 Å². The van der Waals surface area contributed by atoms with Gasteiger partial charge in [-0.1, -0.05) is 42.5 Å². The minimum atomic E-state index is -1.02. The molecular formula is C21H25NO5. The zero-order valence-electron chi connectivity index (χ0n) is 16.0. The molecule has 6 heteroatoms. The maximum Gasteiger partial charge on any atom is 0.305 e. The lowest BCUT2D eigenvalue weighted by Gasteiger charge is -2.32. The minimum absolute atomic E-state index is 0.261. The predicted octanol–water partition coefficient (Wildman–Crippen LogP) is 4.07. The highest BCUT2D eigenvalue weighted by Crippen LogP contribution is 2.32. The molecule has 2 aromatic rings. The number of hydrogen-bond acceptors (Lipinski definition) is 4. The molecule has 0 aliphatic heterocycles. The number of hydrogen-bond donors (Lipinski definition) is 1. The van der Waals surface area contributed by atoms with E-state index in [2.05, 4.69) is 0 Å². The van der Waals surface area contributed by atoms with E-state index < -0.39 is 17.6 Å². The van der Waals surface area contributed by atoms with Gasteiger partial charge >= 0.3 is 5.97 Å². The van der Waals surface area contributed by atoms with E-state index in [-0.39, 0.29) is 6.42 Å². The molecule has 0 aliphatic carbocycles. The highest BCUT2D eigenvalue weighted by molar-refractivity contribution is 5.71. The summed E-state index contributed by atoms with van der Waals surface area (Å²) in [6.45, 7) is 5.39. The van der Waals surface area contributed by atoms with Crippen molar-refractivity contribution in [2.75, 3.05) is 7.11 Å². The molecule has 0 aromatic heterocycles. The summed E-state index contributed by atoms with van der Waals surface area (Å²) in [6, 6.07) is 14.3. The fourth-order valence-electron chi connectivity index (χ4n) is 2.76. The second-order valence-electron chi connectivity index (χ2n) is 7.10. The van der Waals surface area contributed by atoms with Gasteiger partial charge in [0.25, 0.3) is 0 Å². The van der Waals surface area contributed by atoms with Crippen LogP contribution in [0.4, 0.5) is 0 Å². The van der Waals surface area contributed by atoms with E-state index in [1.807, 2.05) is 36.4 Å². The smallest absolute Gasteiger partial charge is 0.305 e. The summed E-state index contributed by atoms with van der Waals surface area (Å²) in [5.74, 6) is -0.268. The largest absolute Gasteiger partial charge is 0.496 e. The van der Waals surface area contributed by atoms with Crippen molar-refractivity contribution in [2.24, 2.45) is 0 Å². The number of methoxy groups -OCH3 is 1. The summed E-state index contributed by atoms with van der Waals surface area (Å²) in [6.07, 6.45) is 0.260. The van der Waals surface area contributed by atoms with Crippen LogP contribution in [0, 0.1) is 0 Å². The van der Waals surface area contributed by atoms with Crippen LogP contribution in [0.2, 0.25) is 0 Å². The number of ether oxygens (including phenoxy) is 1. The van der Waals surface area contributed by atoms with Gasteiger partial charge in [-0.2, -0.15) is 0 Å². The van der Waals surface area contributed by atoms with Gasteiger partial charge in [-0.3, -0.25) is 14.4 Å². The van der Waals surface area contributed by atoms with Crippen molar-refractivity contribution >= 4 is 12.4 Å². The molecule has 1 atom stereocenters. The summed E-state index contributed by atoms with van der Waals surface area (Å²) in [5, 5.41) is 10.3. The molecule has 0 bridgehead atoms. The third-order valence-electron chi connectivity index (χ3n) is 3.87. The van der Waals surface area contributed by atoms with Crippen molar-refractivity contribution in [1.29, 1.82) is 0 Å². The molecule has 1 unspecified atom stereocenters. The molecule has 0 heterocycles. The molecule has 2 aromatic carbocycles. The van der Waals surface area contributed by atoms with E-state index in [0.717, 1.165) is 21.9 Å². The Morgan fingerprint density at radius 1 is 1.15 bits per heavy atom. The van der Waals surface area contributed by atoms with Crippen molar-refractivity contribution in [3.05, 3.63) is 54.1 Å². The van der Waals surface area contributed by atoms with E-state index in [0.29, 0.717) is 12.0 Å². The number of carboxylic acids is 1. The van der Waals surface area contributed by atoms with Crippen LogP contribution in [0.15, 0.2) is 48.5 Å². The number of aliphatic carboxylic acids is 1. The molecule has 2 rings (SSSR count). The lowest BCUT2D eigenvalue weighted by atomic mass is 9.98. The van der Waals surface area contributed by atoms with Crippen LogP contribution in [0.25, 0.3) is 11.1 Å². The lowest BCUT2D eigenvalue weighted by Crippen LogP contribution is -2.36. The molecule has 0 spiro atoms. The number of para-hydroxylation sites is 1. The standard InChI is InChI=1S/C21H25NO5/c1-21(2,3)27-22(14-23)18(13-20(24)25)16-11-9-15(10-12-16)17-7-5-6-8-19(17)26-4/h5-12,14,18H,13H2,1-4H3,(H,24,25). The third-order valence-corrected chi connectivity index (χ3v) is 3.87. The fourth-order valence-corrected chi connectivity index (χ4v) is 2.76. The van der Waals surface area contributed by atoms with Gasteiger partial charge in [-0.25, -0.2) is 5.06 Å². The van der Waals surface area contributed by atoms with Crippen LogP contribution in [-0.2, 0) is 14.4 Å². The first-order valence-electron chi connectivity index (χ1n) is 8.63. The first kappa shape index (κ1) is 20.5. The predicted molar refractivity (Wildman–Crippen MR) is 102 cm³/mol. The van der Waals surface area contributed by atoms with Crippen molar-refractivity contribution in [3.8, 4) is 16.9 Å². The Labute approximate surface area is 159 Å². The molecule has 27 heavy (non-hydrogen) atoms. The number of benzene rings is 2. The molecule has 0 saturated heterocycles. The first-order chi connectivity index (χ1) is 12.7. The van der Waals surface area contributed by atoms with E-state index in [4.69, 9.17) is 9.57 Å². The maximum atomic E-state index is 11.5. The topological polar surface area (TPSA) is 76.1 Å². The summed E-state index contributed by atoms with van der Waals surface area (Å²) in [4.78, 5) is 28.5. The Bertz CT molecular complexity index is 780. The van der Waals surface area contributed by atoms with Crippen molar-refractivity contribution in [3.63, 3.8) is 0 Å². The second kappa shape index (κ2) is 8.68. The van der Waals surface area contributed by atoms with Crippen molar-refractivity contribution in [2.45, 2.75) is 38.8 Å². The van der Waals surface area contributed by atoms with Gasteiger partial charge in [0.1, 0.15) is 5.75 Å². The van der Waals surface area contributed by atoms with Crippen LogP contribution in [-0.4, -0.2) is 35.3 Å². The molecule has 0 aliphatic rings. The monoisotopic (exact) mass is 371 g/mol. The van der Waals surface area contributed by atoms with Crippen LogP contribution in [0.5, 0.6) is 5.75 Å². The fraction of sp³-hybridized carbons (Fsp3) is 0.333.